The van der Waals surface area contributed by atoms with Gasteiger partial charge in [-0.05, 0) is 25.0 Å². The van der Waals surface area contributed by atoms with E-state index >= 15 is 0 Å². The van der Waals surface area contributed by atoms with Gasteiger partial charge in [-0.1, -0.05) is 0 Å². The van der Waals surface area contributed by atoms with Crippen molar-refractivity contribution in [1.29, 1.82) is 5.26 Å². The summed E-state index contributed by atoms with van der Waals surface area (Å²) < 4.78 is 19.2. The fourth-order valence-electron chi connectivity index (χ4n) is 2.68. The molecule has 0 fully saturated rings. The molecular weight excluding hydrogens is 304 g/mol. The number of benzene rings is 1. The highest BCUT2D eigenvalue weighted by atomic mass is 19.1. The number of rotatable bonds is 5. The number of nitrogens with zero attached hydrogens (tertiary/aromatic N) is 1. The fraction of sp³-hybridized carbons (Fsp3) is 0.400. The van der Waals surface area contributed by atoms with Gasteiger partial charge in [0.15, 0.2) is 0 Å². The number of carboxylic acid groups (broad SMARTS) is 1. The SMILES string of the molecule is Cc1c(F)cc2c(c1C(=O)O)OB(O)[C@@H](CC(=O)CCC#N)C2. The molecule has 2 N–H and O–H groups in total. The molecule has 0 radical (unpaired) electrons. The van der Waals surface area contributed by atoms with Gasteiger partial charge in [-0.15, -0.1) is 0 Å². The molecule has 0 saturated carbocycles. The monoisotopic (exact) mass is 319 g/mol. The number of ketones is 1. The summed E-state index contributed by atoms with van der Waals surface area (Å²) >= 11 is 0. The number of aromatic carboxylic acids is 1. The number of carboxylic acids is 1. The smallest absolute Gasteiger partial charge is 0.526 e. The number of nitriles is 1. The van der Waals surface area contributed by atoms with Crippen LogP contribution in [0.25, 0.3) is 0 Å². The number of hydrogen-bond donors (Lipinski definition) is 2. The van der Waals surface area contributed by atoms with Crippen LogP contribution >= 0.6 is 0 Å². The van der Waals surface area contributed by atoms with Crippen molar-refractivity contribution < 1.29 is 28.8 Å². The van der Waals surface area contributed by atoms with Crippen LogP contribution in [0.2, 0.25) is 5.82 Å². The van der Waals surface area contributed by atoms with Gasteiger partial charge in [-0.25, -0.2) is 9.18 Å². The molecule has 1 aromatic carbocycles. The van der Waals surface area contributed by atoms with Crippen LogP contribution in [0.5, 0.6) is 5.75 Å². The molecule has 2 rings (SSSR count). The number of halogens is 1. The summed E-state index contributed by atoms with van der Waals surface area (Å²) in [6, 6.07) is 3.04. The molecule has 0 unspecified atom stereocenters. The molecule has 0 bridgehead atoms. The Labute approximate surface area is 132 Å². The predicted molar refractivity (Wildman–Crippen MR) is 78.6 cm³/mol. The van der Waals surface area contributed by atoms with Crippen LogP contribution in [-0.4, -0.2) is 29.0 Å². The van der Waals surface area contributed by atoms with E-state index in [1.165, 1.54) is 13.0 Å². The molecule has 0 spiro atoms. The van der Waals surface area contributed by atoms with Crippen LogP contribution < -0.4 is 4.65 Å². The molecule has 8 heteroatoms. The van der Waals surface area contributed by atoms with Crippen molar-refractivity contribution in [3.63, 3.8) is 0 Å². The van der Waals surface area contributed by atoms with E-state index in [9.17, 15) is 24.1 Å². The predicted octanol–water partition coefficient (Wildman–Crippen LogP) is 1.88. The summed E-state index contributed by atoms with van der Waals surface area (Å²) in [5.41, 5.74) is -0.0609. The van der Waals surface area contributed by atoms with Gasteiger partial charge in [0.25, 0.3) is 0 Å². The molecule has 1 heterocycles. The summed E-state index contributed by atoms with van der Waals surface area (Å²) in [5.74, 6) is -2.86. The van der Waals surface area contributed by atoms with Crippen LogP contribution in [0.3, 0.4) is 0 Å². The normalized spacial score (nSPS) is 16.3. The Hall–Kier alpha value is -2.40. The molecule has 0 aromatic heterocycles. The topological polar surface area (TPSA) is 108 Å². The number of carbonyl (C=O) groups is 2. The lowest BCUT2D eigenvalue weighted by Crippen LogP contribution is -2.36. The minimum absolute atomic E-state index is 0.0137. The van der Waals surface area contributed by atoms with Crippen molar-refractivity contribution in [3.8, 4) is 11.8 Å². The van der Waals surface area contributed by atoms with E-state index < -0.39 is 24.7 Å². The van der Waals surface area contributed by atoms with Crippen LogP contribution in [0.1, 0.15) is 40.7 Å². The van der Waals surface area contributed by atoms with Gasteiger partial charge in [-0.3, -0.25) is 4.79 Å². The van der Waals surface area contributed by atoms with Gasteiger partial charge < -0.3 is 14.8 Å². The second-order valence-corrected chi connectivity index (χ2v) is 5.53. The molecule has 0 aliphatic carbocycles. The van der Waals surface area contributed by atoms with Crippen LogP contribution in [0, 0.1) is 24.1 Å². The molecular formula is C15H15BFNO5. The van der Waals surface area contributed by atoms with Crippen molar-refractivity contribution in [3.05, 3.63) is 28.6 Å². The summed E-state index contributed by atoms with van der Waals surface area (Å²) in [4.78, 5) is 23.1. The number of Topliss-reactive ketones (excluding diaryl/α,β-unsaturated/α-hetero) is 1. The molecule has 23 heavy (non-hydrogen) atoms. The minimum Gasteiger partial charge on any atom is -0.535 e. The van der Waals surface area contributed by atoms with Crippen molar-refractivity contribution in [2.24, 2.45) is 0 Å². The molecule has 6 nitrogen and oxygen atoms in total. The molecule has 0 amide bonds. The molecule has 1 aromatic rings. The third kappa shape index (κ3) is 3.51. The number of hydrogen-bond acceptors (Lipinski definition) is 5. The second-order valence-electron chi connectivity index (χ2n) is 5.53. The lowest BCUT2D eigenvalue weighted by Gasteiger charge is -2.28. The van der Waals surface area contributed by atoms with Crippen LogP contribution in [-0.2, 0) is 11.2 Å². The number of fused-ring (bicyclic) bond motifs is 1. The molecule has 1 aliphatic rings. The Morgan fingerprint density at radius 1 is 1.57 bits per heavy atom. The van der Waals surface area contributed by atoms with E-state index in [1.54, 1.807) is 0 Å². The maximum absolute atomic E-state index is 13.9. The van der Waals surface area contributed by atoms with Gasteiger partial charge in [0.05, 0.1) is 6.07 Å². The largest absolute Gasteiger partial charge is 0.535 e. The first kappa shape index (κ1) is 17.0. The third-order valence-corrected chi connectivity index (χ3v) is 3.90. The molecule has 1 atom stereocenters. The Morgan fingerprint density at radius 3 is 2.87 bits per heavy atom. The van der Waals surface area contributed by atoms with E-state index in [2.05, 4.69) is 0 Å². The quantitative estimate of drug-likeness (QED) is 0.802. The zero-order valence-electron chi connectivity index (χ0n) is 12.5. The van der Waals surface area contributed by atoms with Gasteiger partial charge >= 0.3 is 13.1 Å². The Bertz CT molecular complexity index is 700. The van der Waals surface area contributed by atoms with Gasteiger partial charge in [0.2, 0.25) is 0 Å². The van der Waals surface area contributed by atoms with Gasteiger partial charge in [0, 0.05) is 30.6 Å². The van der Waals surface area contributed by atoms with Crippen LogP contribution in [0.4, 0.5) is 4.39 Å². The lowest BCUT2D eigenvalue weighted by atomic mass is 9.64. The molecule has 120 valence electrons. The first-order valence-corrected chi connectivity index (χ1v) is 7.13. The Kier molecular flexibility index (Phi) is 5.01. The standard InChI is InChI=1S/C15H15BFNO5/c1-8-12(17)6-9-5-10(7-11(19)3-2-4-18)16(22)23-14(9)13(8)15(20)21/h6,10,22H,2-3,5,7H2,1H3,(H,20,21)/t10-/m1/s1. The van der Waals surface area contributed by atoms with Crippen molar-refractivity contribution in [2.75, 3.05) is 0 Å². The summed E-state index contributed by atoms with van der Waals surface area (Å²) in [5, 5.41) is 27.7. The zero-order chi connectivity index (χ0) is 17.1. The highest BCUT2D eigenvalue weighted by Gasteiger charge is 2.38. The molecule has 0 saturated heterocycles. The van der Waals surface area contributed by atoms with Crippen LogP contribution in [0.15, 0.2) is 6.07 Å². The van der Waals surface area contributed by atoms with Crippen molar-refractivity contribution in [2.45, 2.75) is 38.4 Å². The molecule has 1 aliphatic heterocycles. The zero-order valence-corrected chi connectivity index (χ0v) is 12.5. The minimum atomic E-state index is -1.35. The summed E-state index contributed by atoms with van der Waals surface area (Å²) in [6.07, 6.45) is 0.289. The maximum Gasteiger partial charge on any atom is 0.526 e. The van der Waals surface area contributed by atoms with E-state index in [0.29, 0.717) is 5.56 Å². The lowest BCUT2D eigenvalue weighted by molar-refractivity contribution is -0.119. The van der Waals surface area contributed by atoms with E-state index in [1.807, 2.05) is 6.07 Å². The second kappa shape index (κ2) is 6.79. The Balaban J connectivity index is 2.28. The fourth-order valence-corrected chi connectivity index (χ4v) is 2.68. The Morgan fingerprint density at radius 2 is 2.26 bits per heavy atom. The van der Waals surface area contributed by atoms with Crippen molar-refractivity contribution >= 4 is 18.9 Å². The summed E-state index contributed by atoms with van der Waals surface area (Å²) in [7, 11) is -1.35. The van der Waals surface area contributed by atoms with E-state index in [4.69, 9.17) is 9.92 Å². The first-order valence-electron chi connectivity index (χ1n) is 7.13. The average molecular weight is 319 g/mol. The first-order chi connectivity index (χ1) is 10.8. The van der Waals surface area contributed by atoms with E-state index in [-0.39, 0.29) is 48.3 Å². The summed E-state index contributed by atoms with van der Waals surface area (Å²) in [6.45, 7) is 1.33. The van der Waals surface area contributed by atoms with Crippen molar-refractivity contribution in [1.82, 2.24) is 0 Å². The third-order valence-electron chi connectivity index (χ3n) is 3.90. The van der Waals surface area contributed by atoms with Gasteiger partial charge in [-0.2, -0.15) is 5.26 Å². The average Bonchev–Trinajstić information content (AvgIpc) is 2.48. The highest BCUT2D eigenvalue weighted by molar-refractivity contribution is 6.47. The number of carbonyl (C=O) groups excluding carboxylic acids is 1. The highest BCUT2D eigenvalue weighted by Crippen LogP contribution is 2.38. The maximum atomic E-state index is 13.9. The van der Waals surface area contributed by atoms with E-state index in [0.717, 1.165) is 0 Å². The van der Waals surface area contributed by atoms with Gasteiger partial charge in [0.1, 0.15) is 22.9 Å².